The van der Waals surface area contributed by atoms with E-state index in [4.69, 9.17) is 4.84 Å². The summed E-state index contributed by atoms with van der Waals surface area (Å²) in [6.45, 7) is 4.43. The van der Waals surface area contributed by atoms with Crippen LogP contribution in [0.3, 0.4) is 0 Å². The summed E-state index contributed by atoms with van der Waals surface area (Å²) < 4.78 is 1.23. The van der Waals surface area contributed by atoms with Gasteiger partial charge >= 0.3 is 6.09 Å². The quantitative estimate of drug-likeness (QED) is 0.453. The van der Waals surface area contributed by atoms with Crippen LogP contribution in [0.25, 0.3) is 0 Å². The normalized spacial score (nSPS) is 17.4. The van der Waals surface area contributed by atoms with Crippen LogP contribution in [0.2, 0.25) is 0 Å². The van der Waals surface area contributed by atoms with E-state index in [2.05, 4.69) is 36.0 Å². The molecule has 1 aliphatic carbocycles. The number of fused-ring (bicyclic) bond motifs is 1. The largest absolute Gasteiger partial charge is 0.437 e. The highest BCUT2D eigenvalue weighted by atomic mass is 32.2. The Kier molecular flexibility index (Phi) is 4.96. The zero-order valence-electron chi connectivity index (χ0n) is 14.0. The van der Waals surface area contributed by atoms with Crippen molar-refractivity contribution in [2.45, 2.75) is 30.9 Å². The summed E-state index contributed by atoms with van der Waals surface area (Å²) in [5, 5.41) is 9.07. The smallest absolute Gasteiger partial charge is 0.297 e. The van der Waals surface area contributed by atoms with Gasteiger partial charge in [-0.05, 0) is 47.6 Å². The average Bonchev–Trinajstić information content (AvgIpc) is 2.95. The summed E-state index contributed by atoms with van der Waals surface area (Å²) >= 11 is 3.45. The van der Waals surface area contributed by atoms with Crippen LogP contribution < -0.4 is 5.32 Å². The standard InChI is InChI=1S/C18H20N2O2S2/c1-18(2)9-12-11-24-16(23-3)15(12)14(10-18)20-22-17(21)19-13-7-5-4-6-8-13/h4-8,11H,9-10H2,1-3H3,(H,19,21)/b20-14-. The van der Waals surface area contributed by atoms with Gasteiger partial charge in [0.2, 0.25) is 0 Å². The number of anilines is 1. The first kappa shape index (κ1) is 17.0. The molecule has 1 amide bonds. The summed E-state index contributed by atoms with van der Waals surface area (Å²) in [6.07, 6.45) is 3.31. The van der Waals surface area contributed by atoms with Crippen molar-refractivity contribution in [3.05, 3.63) is 46.8 Å². The van der Waals surface area contributed by atoms with Gasteiger partial charge in [0.25, 0.3) is 0 Å². The second kappa shape index (κ2) is 6.99. The molecule has 0 atom stereocenters. The molecular weight excluding hydrogens is 340 g/mol. The molecule has 1 aliphatic rings. The van der Waals surface area contributed by atoms with Gasteiger partial charge in [-0.2, -0.15) is 0 Å². The van der Waals surface area contributed by atoms with E-state index in [1.165, 1.54) is 9.77 Å². The van der Waals surface area contributed by atoms with Crippen LogP contribution in [-0.2, 0) is 11.3 Å². The van der Waals surface area contributed by atoms with E-state index >= 15 is 0 Å². The Labute approximate surface area is 150 Å². The molecule has 1 aromatic carbocycles. The fourth-order valence-electron chi connectivity index (χ4n) is 2.91. The van der Waals surface area contributed by atoms with Crippen LogP contribution >= 0.6 is 23.1 Å². The number of rotatable bonds is 3. The third kappa shape index (κ3) is 3.82. The number of carbonyl (C=O) groups is 1. The van der Waals surface area contributed by atoms with Gasteiger partial charge in [-0.25, -0.2) is 4.79 Å². The van der Waals surface area contributed by atoms with E-state index in [1.54, 1.807) is 35.2 Å². The number of thiophene rings is 1. The molecule has 1 aromatic heterocycles. The van der Waals surface area contributed by atoms with Crippen molar-refractivity contribution in [1.82, 2.24) is 0 Å². The lowest BCUT2D eigenvalue weighted by Gasteiger charge is -2.30. The molecule has 4 nitrogen and oxygen atoms in total. The minimum absolute atomic E-state index is 0.113. The van der Waals surface area contributed by atoms with Crippen molar-refractivity contribution in [2.75, 3.05) is 11.6 Å². The highest BCUT2D eigenvalue weighted by Gasteiger charge is 2.33. The number of nitrogens with zero attached hydrogens (tertiary/aromatic N) is 1. The Morgan fingerprint density at radius 3 is 2.75 bits per heavy atom. The van der Waals surface area contributed by atoms with Gasteiger partial charge in [-0.15, -0.1) is 23.1 Å². The van der Waals surface area contributed by atoms with E-state index in [0.29, 0.717) is 5.69 Å². The van der Waals surface area contributed by atoms with Crippen molar-refractivity contribution in [1.29, 1.82) is 0 Å². The van der Waals surface area contributed by atoms with Gasteiger partial charge < -0.3 is 0 Å². The molecule has 1 N–H and O–H groups in total. The Morgan fingerprint density at radius 1 is 1.29 bits per heavy atom. The third-order valence-electron chi connectivity index (χ3n) is 3.88. The van der Waals surface area contributed by atoms with E-state index in [-0.39, 0.29) is 5.41 Å². The molecule has 0 fully saturated rings. The molecule has 0 unspecified atom stereocenters. The number of benzene rings is 1. The summed E-state index contributed by atoms with van der Waals surface area (Å²) in [4.78, 5) is 17.1. The van der Waals surface area contributed by atoms with Gasteiger partial charge in [-0.1, -0.05) is 37.2 Å². The number of carbonyl (C=O) groups excluding carboxylic acids is 1. The molecule has 6 heteroatoms. The van der Waals surface area contributed by atoms with Crippen LogP contribution in [-0.4, -0.2) is 18.1 Å². The molecule has 1 heterocycles. The Morgan fingerprint density at radius 2 is 2.04 bits per heavy atom. The molecule has 126 valence electrons. The summed E-state index contributed by atoms with van der Waals surface area (Å²) in [6, 6.07) is 9.21. The van der Waals surface area contributed by atoms with Gasteiger partial charge in [-0.3, -0.25) is 10.2 Å². The minimum atomic E-state index is -0.570. The maximum Gasteiger partial charge on any atom is 0.437 e. The zero-order valence-corrected chi connectivity index (χ0v) is 15.6. The lowest BCUT2D eigenvalue weighted by Crippen LogP contribution is -2.27. The second-order valence-electron chi connectivity index (χ2n) is 6.55. The average molecular weight is 361 g/mol. The lowest BCUT2D eigenvalue weighted by molar-refractivity contribution is 0.165. The first-order valence-electron chi connectivity index (χ1n) is 7.73. The van der Waals surface area contributed by atoms with Gasteiger partial charge in [0.1, 0.15) is 0 Å². The SMILES string of the molecule is CSc1scc2c1/C(=N\OC(=O)Nc1ccccc1)CC(C)(C)C2. The number of oxime groups is 1. The predicted molar refractivity (Wildman–Crippen MR) is 101 cm³/mol. The molecule has 3 rings (SSSR count). The molecule has 0 radical (unpaired) electrons. The molecule has 24 heavy (non-hydrogen) atoms. The topological polar surface area (TPSA) is 50.7 Å². The van der Waals surface area contributed by atoms with Gasteiger partial charge in [0.05, 0.1) is 9.92 Å². The molecule has 0 spiro atoms. The van der Waals surface area contributed by atoms with E-state index in [1.807, 2.05) is 18.2 Å². The maximum atomic E-state index is 12.0. The monoisotopic (exact) mass is 360 g/mol. The molecule has 0 aliphatic heterocycles. The van der Waals surface area contributed by atoms with Crippen LogP contribution in [0.15, 0.2) is 45.1 Å². The van der Waals surface area contributed by atoms with Crippen molar-refractivity contribution in [3.8, 4) is 0 Å². The number of para-hydroxylation sites is 1. The second-order valence-corrected chi connectivity index (χ2v) is 8.51. The van der Waals surface area contributed by atoms with Crippen molar-refractivity contribution >= 4 is 40.6 Å². The van der Waals surface area contributed by atoms with Crippen LogP contribution in [0.5, 0.6) is 0 Å². The Balaban J connectivity index is 1.79. The van der Waals surface area contributed by atoms with Crippen LogP contribution in [0.1, 0.15) is 31.4 Å². The zero-order chi connectivity index (χ0) is 17.2. The van der Waals surface area contributed by atoms with Crippen molar-refractivity contribution < 1.29 is 9.63 Å². The fraction of sp³-hybridized carbons (Fsp3) is 0.333. The van der Waals surface area contributed by atoms with E-state index in [0.717, 1.165) is 24.1 Å². The summed E-state index contributed by atoms with van der Waals surface area (Å²) in [7, 11) is 0. The highest BCUT2D eigenvalue weighted by molar-refractivity contribution is 8.00. The molecule has 0 bridgehead atoms. The Hall–Kier alpha value is -1.79. The molecule has 2 aromatic rings. The number of amides is 1. The first-order chi connectivity index (χ1) is 11.5. The summed E-state index contributed by atoms with van der Waals surface area (Å²) in [5.74, 6) is 0. The van der Waals surface area contributed by atoms with E-state index in [9.17, 15) is 4.79 Å². The predicted octanol–water partition coefficient (Wildman–Crippen LogP) is 5.40. The first-order valence-corrected chi connectivity index (χ1v) is 9.83. The minimum Gasteiger partial charge on any atom is -0.297 e. The fourth-order valence-corrected chi connectivity index (χ4v) is 4.71. The van der Waals surface area contributed by atoms with Gasteiger partial charge in [0.15, 0.2) is 0 Å². The highest BCUT2D eigenvalue weighted by Crippen LogP contribution is 2.42. The number of nitrogens with one attached hydrogen (secondary N) is 1. The number of thioether (sulfide) groups is 1. The van der Waals surface area contributed by atoms with Gasteiger partial charge in [0, 0.05) is 11.3 Å². The molecule has 0 saturated heterocycles. The van der Waals surface area contributed by atoms with Crippen LogP contribution in [0.4, 0.5) is 10.5 Å². The van der Waals surface area contributed by atoms with E-state index < -0.39 is 6.09 Å². The third-order valence-corrected chi connectivity index (χ3v) is 6.07. The molecule has 0 saturated carbocycles. The molecular formula is C18H20N2O2S2. The summed E-state index contributed by atoms with van der Waals surface area (Å²) in [5.41, 5.74) is 4.11. The van der Waals surface area contributed by atoms with Crippen molar-refractivity contribution in [2.24, 2.45) is 10.6 Å². The van der Waals surface area contributed by atoms with Crippen molar-refractivity contribution in [3.63, 3.8) is 0 Å². The van der Waals surface area contributed by atoms with Crippen LogP contribution in [0, 0.1) is 5.41 Å². The maximum absolute atomic E-state index is 12.0. The number of hydrogen-bond acceptors (Lipinski definition) is 5. The Bertz CT molecular complexity index is 767. The lowest BCUT2D eigenvalue weighted by atomic mass is 9.75. The number of hydrogen-bond donors (Lipinski definition) is 1.